The third kappa shape index (κ3) is 55.7. The quantitative estimate of drug-likeness (QED) is 0.0374. The molecule has 0 aliphatic carbocycles. The molecule has 0 aromatic carbocycles. The number of allylic oxidation sites excluding steroid dienone is 14. The second kappa shape index (κ2) is 58.4. The van der Waals surface area contributed by atoms with Gasteiger partial charge in [-0.25, -0.2) is 0 Å². The second-order valence-electron chi connectivity index (χ2n) is 19.3. The predicted molar refractivity (Wildman–Crippen MR) is 297 cm³/mol. The fourth-order valence-electron chi connectivity index (χ4n) is 8.32. The largest absolute Gasteiger partial charge is 0.462 e. The van der Waals surface area contributed by atoms with Crippen molar-refractivity contribution in [2.75, 3.05) is 13.2 Å². The smallest absolute Gasteiger partial charge is 0.306 e. The van der Waals surface area contributed by atoms with Crippen LogP contribution >= 0.6 is 0 Å². The van der Waals surface area contributed by atoms with Gasteiger partial charge >= 0.3 is 11.9 Å². The Balaban J connectivity index is 3.50. The highest BCUT2D eigenvalue weighted by atomic mass is 16.6. The zero-order valence-corrected chi connectivity index (χ0v) is 44.9. The lowest BCUT2D eigenvalue weighted by molar-refractivity contribution is -0.161. The molecule has 68 heavy (non-hydrogen) atoms. The van der Waals surface area contributed by atoms with Crippen molar-refractivity contribution in [2.24, 2.45) is 0 Å². The molecule has 0 aromatic heterocycles. The number of aliphatic hydroxyl groups is 1. The molecule has 0 fully saturated rings. The number of carbonyl (C=O) groups is 2. The maximum Gasteiger partial charge on any atom is 0.306 e. The zero-order chi connectivity index (χ0) is 49.2. The zero-order valence-electron chi connectivity index (χ0n) is 44.9. The van der Waals surface area contributed by atoms with E-state index < -0.39 is 6.10 Å². The number of rotatable bonds is 53. The van der Waals surface area contributed by atoms with Crippen molar-refractivity contribution in [3.8, 4) is 0 Å². The van der Waals surface area contributed by atoms with Gasteiger partial charge in [0.2, 0.25) is 0 Å². The first-order valence-corrected chi connectivity index (χ1v) is 29.1. The number of aliphatic hydroxyl groups excluding tert-OH is 1. The third-order valence-electron chi connectivity index (χ3n) is 12.7. The Morgan fingerprint density at radius 3 is 0.971 bits per heavy atom. The summed E-state index contributed by atoms with van der Waals surface area (Å²) in [6.45, 7) is 4.03. The van der Waals surface area contributed by atoms with Gasteiger partial charge in [-0.15, -0.1) is 0 Å². The van der Waals surface area contributed by atoms with Crippen molar-refractivity contribution in [3.05, 3.63) is 85.1 Å². The molecule has 0 aromatic rings. The molecule has 0 aliphatic heterocycles. The fourth-order valence-corrected chi connectivity index (χ4v) is 8.32. The van der Waals surface area contributed by atoms with Crippen molar-refractivity contribution in [2.45, 2.75) is 290 Å². The van der Waals surface area contributed by atoms with Crippen LogP contribution in [0.1, 0.15) is 284 Å². The number of carbonyl (C=O) groups excluding carboxylic acids is 2. The molecule has 5 nitrogen and oxygen atoms in total. The monoisotopic (exact) mass is 947 g/mol. The summed E-state index contributed by atoms with van der Waals surface area (Å²) in [5.41, 5.74) is 0. The molecule has 0 bridgehead atoms. The van der Waals surface area contributed by atoms with E-state index in [0.29, 0.717) is 12.8 Å². The van der Waals surface area contributed by atoms with E-state index in [-0.39, 0.29) is 25.2 Å². The molecule has 1 atom stereocenters. The molecule has 0 aliphatic rings. The van der Waals surface area contributed by atoms with Crippen molar-refractivity contribution in [3.63, 3.8) is 0 Å². The normalized spacial score (nSPS) is 12.8. The van der Waals surface area contributed by atoms with Gasteiger partial charge in [0.25, 0.3) is 0 Å². The highest BCUT2D eigenvalue weighted by molar-refractivity contribution is 5.70. The van der Waals surface area contributed by atoms with E-state index in [1.54, 1.807) is 0 Å². The Morgan fingerprint density at radius 1 is 0.353 bits per heavy atom. The van der Waals surface area contributed by atoms with Crippen LogP contribution in [0.15, 0.2) is 85.1 Å². The number of unbranched alkanes of at least 4 members (excludes halogenated alkanes) is 31. The van der Waals surface area contributed by atoms with Crippen LogP contribution in [-0.4, -0.2) is 36.4 Å². The van der Waals surface area contributed by atoms with Gasteiger partial charge in [0.1, 0.15) is 6.61 Å². The van der Waals surface area contributed by atoms with E-state index in [2.05, 4.69) is 98.9 Å². The molecular weight excluding hydrogens is 837 g/mol. The summed E-state index contributed by atoms with van der Waals surface area (Å²) in [6.07, 6.45) is 81.4. The number of ether oxygens (including phenoxy) is 2. The van der Waals surface area contributed by atoms with Crippen LogP contribution in [0.3, 0.4) is 0 Å². The Kier molecular flexibility index (Phi) is 55.9. The van der Waals surface area contributed by atoms with E-state index in [9.17, 15) is 14.7 Å². The minimum absolute atomic E-state index is 0.0783. The molecule has 0 saturated carbocycles. The molecule has 1 N–H and O–H groups in total. The van der Waals surface area contributed by atoms with Gasteiger partial charge < -0.3 is 14.6 Å². The van der Waals surface area contributed by atoms with Crippen LogP contribution in [0, 0.1) is 0 Å². The third-order valence-corrected chi connectivity index (χ3v) is 12.7. The van der Waals surface area contributed by atoms with Gasteiger partial charge in [-0.05, 0) is 89.9 Å². The van der Waals surface area contributed by atoms with Gasteiger partial charge in [0, 0.05) is 12.8 Å². The van der Waals surface area contributed by atoms with E-state index in [1.807, 2.05) is 0 Å². The first-order valence-electron chi connectivity index (χ1n) is 29.1. The molecule has 0 amide bonds. The summed E-state index contributed by atoms with van der Waals surface area (Å²) in [5, 5.41) is 9.65. The van der Waals surface area contributed by atoms with Crippen LogP contribution < -0.4 is 0 Å². The highest BCUT2D eigenvalue weighted by Crippen LogP contribution is 2.16. The van der Waals surface area contributed by atoms with Crippen LogP contribution in [0.5, 0.6) is 0 Å². The average molecular weight is 948 g/mol. The molecule has 1 unspecified atom stereocenters. The summed E-state index contributed by atoms with van der Waals surface area (Å²) in [7, 11) is 0. The fraction of sp³-hybridized carbons (Fsp3) is 0.746. The van der Waals surface area contributed by atoms with Crippen molar-refractivity contribution in [1.29, 1.82) is 0 Å². The lowest BCUT2D eigenvalue weighted by atomic mass is 10.0. The lowest BCUT2D eigenvalue weighted by Gasteiger charge is -2.15. The maximum atomic E-state index is 12.3. The summed E-state index contributed by atoms with van der Waals surface area (Å²) in [5.74, 6) is -0.614. The van der Waals surface area contributed by atoms with Crippen molar-refractivity contribution < 1.29 is 24.2 Å². The average Bonchev–Trinajstić information content (AvgIpc) is 3.34. The molecular formula is C63H110O5. The number of hydrogen-bond acceptors (Lipinski definition) is 5. The van der Waals surface area contributed by atoms with Crippen LogP contribution in [0.2, 0.25) is 0 Å². The van der Waals surface area contributed by atoms with Gasteiger partial charge in [-0.2, -0.15) is 0 Å². The van der Waals surface area contributed by atoms with E-state index >= 15 is 0 Å². The molecule has 0 spiro atoms. The van der Waals surface area contributed by atoms with E-state index in [1.165, 1.54) is 167 Å². The van der Waals surface area contributed by atoms with Gasteiger partial charge in [0.05, 0.1) is 6.61 Å². The minimum Gasteiger partial charge on any atom is -0.462 e. The minimum atomic E-state index is -0.790. The van der Waals surface area contributed by atoms with Crippen LogP contribution in [-0.2, 0) is 19.1 Å². The lowest BCUT2D eigenvalue weighted by Crippen LogP contribution is -2.28. The Morgan fingerprint density at radius 2 is 0.632 bits per heavy atom. The maximum absolute atomic E-state index is 12.3. The summed E-state index contributed by atoms with van der Waals surface area (Å²) < 4.78 is 10.7. The molecule has 0 rings (SSSR count). The second-order valence-corrected chi connectivity index (χ2v) is 19.3. The Bertz CT molecular complexity index is 1250. The Labute approximate surface area is 422 Å². The van der Waals surface area contributed by atoms with Crippen LogP contribution in [0.4, 0.5) is 0 Å². The molecule has 5 heteroatoms. The van der Waals surface area contributed by atoms with Gasteiger partial charge in [-0.1, -0.05) is 266 Å². The molecule has 392 valence electrons. The Hall–Kier alpha value is -2.92. The molecule has 0 radical (unpaired) electrons. The summed E-state index contributed by atoms with van der Waals surface area (Å²) in [4.78, 5) is 24.5. The first kappa shape index (κ1) is 65.1. The van der Waals surface area contributed by atoms with Crippen LogP contribution in [0.25, 0.3) is 0 Å². The molecule has 0 heterocycles. The van der Waals surface area contributed by atoms with Gasteiger partial charge in [0.15, 0.2) is 6.10 Å². The number of hydrogen-bond donors (Lipinski definition) is 1. The van der Waals surface area contributed by atoms with E-state index in [4.69, 9.17) is 9.47 Å². The standard InChI is InChI=1S/C63H110O5/c1-3-5-7-9-11-13-15-17-19-21-23-25-27-28-29-30-31-32-33-34-36-37-39-41-43-45-47-49-51-53-55-57-62(65)67-60-61(59-64)68-63(66)58-56-54-52-50-48-46-44-42-40-38-35-26-24-22-20-18-16-14-12-10-8-6-4-2/h6,8,12,14,18,20-21,23-24,26,38,40,44,46,61,64H,3-5,7,9-11,13,15-17,19,22,25,27-37,39,41-43,45,47-60H2,1-2H3/b8-6-,14-12-,20-18-,23-21-,26-24-,40-38-,46-44-. The first-order chi connectivity index (χ1) is 33.6. The van der Waals surface area contributed by atoms with E-state index in [0.717, 1.165) is 89.9 Å². The molecule has 0 saturated heterocycles. The van der Waals surface area contributed by atoms with Gasteiger partial charge in [-0.3, -0.25) is 9.59 Å². The summed E-state index contributed by atoms with van der Waals surface area (Å²) in [6, 6.07) is 0. The number of esters is 2. The summed E-state index contributed by atoms with van der Waals surface area (Å²) >= 11 is 0. The van der Waals surface area contributed by atoms with Crippen molar-refractivity contribution >= 4 is 11.9 Å². The predicted octanol–water partition coefficient (Wildman–Crippen LogP) is 19.8. The van der Waals surface area contributed by atoms with Crippen molar-refractivity contribution in [1.82, 2.24) is 0 Å². The topological polar surface area (TPSA) is 72.8 Å². The SMILES string of the molecule is CC/C=C\C/C=C\C/C=C\C/C=C\C/C=C\C/C=C\CCCCCCC(=O)OC(CO)COC(=O)CCCCCCCCCCCCCCCCCCCCC/C=C\CCCCCCCCCC. The highest BCUT2D eigenvalue weighted by Gasteiger charge is 2.16.